The molecule has 6 heteroatoms. The van der Waals surface area contributed by atoms with Crippen LogP contribution < -0.4 is 11.1 Å². The molecule has 0 amide bonds. The minimum Gasteiger partial charge on any atom is -0.370 e. The van der Waals surface area contributed by atoms with E-state index in [1.165, 1.54) is 0 Å². The van der Waals surface area contributed by atoms with E-state index in [1.54, 1.807) is 11.3 Å². The van der Waals surface area contributed by atoms with Crippen LogP contribution in [0.4, 0.5) is 0 Å². The van der Waals surface area contributed by atoms with Gasteiger partial charge >= 0.3 is 0 Å². The van der Waals surface area contributed by atoms with Crippen LogP contribution in [-0.4, -0.2) is 17.5 Å². The van der Waals surface area contributed by atoms with E-state index < -0.39 is 0 Å². The number of aliphatic imine (C=N–C) groups is 1. The van der Waals surface area contributed by atoms with Crippen molar-refractivity contribution in [1.29, 1.82) is 0 Å². The summed E-state index contributed by atoms with van der Waals surface area (Å²) in [5.41, 5.74) is 6.72. The standard InChI is InChI=1S/C11H20N4S.HI/c1-4-10-15-9(7-16-10)6-14-11(12)13-5-8(2)3;/h7-8H,4-6H2,1-3H3,(H3,12,13,14);1H. The fraction of sp³-hybridized carbons (Fsp3) is 0.636. The molecule has 98 valence electrons. The van der Waals surface area contributed by atoms with Gasteiger partial charge in [-0.05, 0) is 12.3 Å². The third-order valence-electron chi connectivity index (χ3n) is 2.00. The zero-order valence-corrected chi connectivity index (χ0v) is 13.7. The molecule has 0 fully saturated rings. The Labute approximate surface area is 124 Å². The van der Waals surface area contributed by atoms with Gasteiger partial charge < -0.3 is 11.1 Å². The monoisotopic (exact) mass is 368 g/mol. The molecule has 0 spiro atoms. The molecule has 0 aliphatic carbocycles. The Morgan fingerprint density at radius 3 is 2.82 bits per heavy atom. The van der Waals surface area contributed by atoms with Crippen LogP contribution in [0.5, 0.6) is 0 Å². The first-order valence-corrected chi connectivity index (χ1v) is 6.46. The molecule has 0 saturated heterocycles. The van der Waals surface area contributed by atoms with Crippen LogP contribution in [0.1, 0.15) is 31.5 Å². The van der Waals surface area contributed by atoms with Crippen LogP contribution in [0.25, 0.3) is 0 Å². The summed E-state index contributed by atoms with van der Waals surface area (Å²) in [6.45, 7) is 7.78. The van der Waals surface area contributed by atoms with Crippen LogP contribution in [0.3, 0.4) is 0 Å². The van der Waals surface area contributed by atoms with Crippen LogP contribution >= 0.6 is 35.3 Å². The third kappa shape index (κ3) is 6.82. The number of hydrogen-bond donors (Lipinski definition) is 2. The minimum atomic E-state index is 0. The molecule has 0 unspecified atom stereocenters. The van der Waals surface area contributed by atoms with Gasteiger partial charge in [-0.3, -0.25) is 0 Å². The Balaban J connectivity index is 0.00000256. The number of halogens is 1. The topological polar surface area (TPSA) is 63.3 Å². The first-order valence-electron chi connectivity index (χ1n) is 5.58. The fourth-order valence-corrected chi connectivity index (χ4v) is 1.85. The number of hydrogen-bond acceptors (Lipinski definition) is 3. The summed E-state index contributed by atoms with van der Waals surface area (Å²) in [5.74, 6) is 1.07. The number of nitrogens with zero attached hydrogens (tertiary/aromatic N) is 2. The van der Waals surface area contributed by atoms with E-state index in [1.807, 2.05) is 5.38 Å². The molecule has 0 saturated carbocycles. The summed E-state index contributed by atoms with van der Waals surface area (Å²) < 4.78 is 0. The molecule has 1 heterocycles. The Morgan fingerprint density at radius 2 is 2.29 bits per heavy atom. The van der Waals surface area contributed by atoms with Gasteiger partial charge in [-0.15, -0.1) is 35.3 Å². The zero-order valence-electron chi connectivity index (χ0n) is 10.6. The van der Waals surface area contributed by atoms with E-state index in [9.17, 15) is 0 Å². The third-order valence-corrected chi connectivity index (χ3v) is 3.05. The number of rotatable bonds is 5. The van der Waals surface area contributed by atoms with Gasteiger partial charge in [-0.25, -0.2) is 9.98 Å². The quantitative estimate of drug-likeness (QED) is 0.477. The van der Waals surface area contributed by atoms with Gasteiger partial charge in [-0.2, -0.15) is 0 Å². The molecule has 0 aromatic carbocycles. The van der Waals surface area contributed by atoms with Gasteiger partial charge in [0.05, 0.1) is 17.2 Å². The SMILES string of the molecule is CCc1nc(CN=C(N)NCC(C)C)cs1.I. The largest absolute Gasteiger partial charge is 0.370 e. The van der Waals surface area contributed by atoms with Crippen molar-refractivity contribution >= 4 is 41.3 Å². The highest BCUT2D eigenvalue weighted by Crippen LogP contribution is 2.10. The van der Waals surface area contributed by atoms with E-state index in [4.69, 9.17) is 5.73 Å². The second kappa shape index (κ2) is 8.68. The maximum atomic E-state index is 5.72. The predicted octanol–water partition coefficient (Wildman–Crippen LogP) is 2.38. The van der Waals surface area contributed by atoms with Gasteiger partial charge in [0, 0.05) is 11.9 Å². The molecule has 1 aromatic rings. The molecule has 0 aliphatic heterocycles. The van der Waals surface area contributed by atoms with Crippen molar-refractivity contribution in [2.24, 2.45) is 16.6 Å². The number of guanidine groups is 1. The van der Waals surface area contributed by atoms with Gasteiger partial charge in [-0.1, -0.05) is 20.8 Å². The second-order valence-electron chi connectivity index (χ2n) is 4.06. The maximum Gasteiger partial charge on any atom is 0.188 e. The highest BCUT2D eigenvalue weighted by molar-refractivity contribution is 14.0. The average molecular weight is 368 g/mol. The first-order chi connectivity index (χ1) is 7.61. The van der Waals surface area contributed by atoms with Crippen molar-refractivity contribution < 1.29 is 0 Å². The van der Waals surface area contributed by atoms with Gasteiger partial charge in [0.15, 0.2) is 5.96 Å². The van der Waals surface area contributed by atoms with Crippen molar-refractivity contribution in [3.63, 3.8) is 0 Å². The van der Waals surface area contributed by atoms with Crippen LogP contribution in [0.2, 0.25) is 0 Å². The van der Waals surface area contributed by atoms with Crippen molar-refractivity contribution in [2.75, 3.05) is 6.54 Å². The second-order valence-corrected chi connectivity index (χ2v) is 5.01. The van der Waals surface area contributed by atoms with Crippen molar-refractivity contribution in [1.82, 2.24) is 10.3 Å². The molecule has 1 aromatic heterocycles. The smallest absolute Gasteiger partial charge is 0.188 e. The molecule has 0 bridgehead atoms. The lowest BCUT2D eigenvalue weighted by Gasteiger charge is -2.07. The van der Waals surface area contributed by atoms with Crippen LogP contribution in [0.15, 0.2) is 10.4 Å². The molecule has 0 aliphatic rings. The Hall–Kier alpha value is -0.370. The van der Waals surface area contributed by atoms with Crippen molar-refractivity contribution in [3.8, 4) is 0 Å². The Kier molecular flexibility index (Phi) is 8.49. The van der Waals surface area contributed by atoms with E-state index >= 15 is 0 Å². The molecule has 1 rings (SSSR count). The number of aryl methyl sites for hydroxylation is 1. The summed E-state index contributed by atoms with van der Waals surface area (Å²) in [4.78, 5) is 8.67. The molecular weight excluding hydrogens is 347 g/mol. The van der Waals surface area contributed by atoms with Gasteiger partial charge in [0.2, 0.25) is 0 Å². The van der Waals surface area contributed by atoms with E-state index in [2.05, 4.69) is 36.1 Å². The number of nitrogens with two attached hydrogens (primary N) is 1. The molecule has 4 nitrogen and oxygen atoms in total. The highest BCUT2D eigenvalue weighted by Gasteiger charge is 2.00. The number of thiazole rings is 1. The summed E-state index contributed by atoms with van der Waals surface area (Å²) >= 11 is 1.68. The molecular formula is C11H21IN4S. The Bertz CT molecular complexity index is 349. The number of aromatic nitrogens is 1. The van der Waals surface area contributed by atoms with Gasteiger partial charge in [0.1, 0.15) is 0 Å². The molecule has 0 radical (unpaired) electrons. The molecule has 3 N–H and O–H groups in total. The summed E-state index contributed by atoms with van der Waals surface area (Å²) in [6.07, 6.45) is 0.982. The fourth-order valence-electron chi connectivity index (χ4n) is 1.11. The van der Waals surface area contributed by atoms with E-state index in [0.29, 0.717) is 18.4 Å². The maximum absolute atomic E-state index is 5.72. The number of nitrogens with one attached hydrogen (secondary N) is 1. The first kappa shape index (κ1) is 16.6. The molecule has 0 atom stereocenters. The Morgan fingerprint density at radius 1 is 1.59 bits per heavy atom. The van der Waals surface area contributed by atoms with E-state index in [0.717, 1.165) is 23.7 Å². The highest BCUT2D eigenvalue weighted by atomic mass is 127. The zero-order chi connectivity index (χ0) is 12.0. The van der Waals surface area contributed by atoms with Crippen molar-refractivity contribution in [3.05, 3.63) is 16.1 Å². The predicted molar refractivity (Wildman–Crippen MR) is 85.1 cm³/mol. The van der Waals surface area contributed by atoms with Crippen LogP contribution in [0, 0.1) is 5.92 Å². The lowest BCUT2D eigenvalue weighted by atomic mass is 10.2. The average Bonchev–Trinajstić information content (AvgIpc) is 2.71. The minimum absolute atomic E-state index is 0. The van der Waals surface area contributed by atoms with Crippen molar-refractivity contribution in [2.45, 2.75) is 33.7 Å². The lowest BCUT2D eigenvalue weighted by molar-refractivity contribution is 0.621. The molecule has 17 heavy (non-hydrogen) atoms. The summed E-state index contributed by atoms with van der Waals surface area (Å²) in [6, 6.07) is 0. The summed E-state index contributed by atoms with van der Waals surface area (Å²) in [7, 11) is 0. The summed E-state index contributed by atoms with van der Waals surface area (Å²) in [5, 5.41) is 6.27. The lowest BCUT2D eigenvalue weighted by Crippen LogP contribution is -2.34. The normalized spacial score (nSPS) is 11.4. The van der Waals surface area contributed by atoms with E-state index in [-0.39, 0.29) is 24.0 Å². The van der Waals surface area contributed by atoms with Crippen LogP contribution in [-0.2, 0) is 13.0 Å². The van der Waals surface area contributed by atoms with Gasteiger partial charge in [0.25, 0.3) is 0 Å².